The minimum Gasteiger partial charge on any atom is -0.493 e. The number of rotatable bonds is 5. The standard InChI is InChI=1S/C22H21NO5/c1-22(2,17-5-3-4-13-8-9-27-19(13)17)11-18(24)20(25)23-15-6-7-16-14(10-15)12-28-21(16)26/h3-7,10H,8-9,11-12H2,1-2H3,(H,23,25). The molecule has 144 valence electrons. The molecule has 0 aliphatic carbocycles. The van der Waals surface area contributed by atoms with E-state index in [0.717, 1.165) is 23.3 Å². The van der Waals surface area contributed by atoms with E-state index in [1.165, 1.54) is 0 Å². The molecule has 6 heteroatoms. The van der Waals surface area contributed by atoms with Gasteiger partial charge in [0.05, 0.1) is 12.2 Å². The number of para-hydroxylation sites is 1. The number of cyclic esters (lactones) is 1. The zero-order valence-corrected chi connectivity index (χ0v) is 15.8. The van der Waals surface area contributed by atoms with Crippen LogP contribution in [0.3, 0.4) is 0 Å². The number of Topliss-reactive ketones (excluding diaryl/α,β-unsaturated/α-hetero) is 1. The summed E-state index contributed by atoms with van der Waals surface area (Å²) < 4.78 is 10.7. The Morgan fingerprint density at radius 1 is 1.11 bits per heavy atom. The number of hydrogen-bond acceptors (Lipinski definition) is 5. The van der Waals surface area contributed by atoms with Crippen molar-refractivity contribution in [2.24, 2.45) is 0 Å². The highest BCUT2D eigenvalue weighted by molar-refractivity contribution is 6.40. The minimum absolute atomic E-state index is 0.0607. The van der Waals surface area contributed by atoms with Crippen LogP contribution in [0.2, 0.25) is 0 Å². The van der Waals surface area contributed by atoms with Gasteiger partial charge in [-0.2, -0.15) is 0 Å². The molecule has 4 rings (SSSR count). The summed E-state index contributed by atoms with van der Waals surface area (Å²) in [6.07, 6.45) is 0.920. The van der Waals surface area contributed by atoms with Gasteiger partial charge in [0.15, 0.2) is 0 Å². The van der Waals surface area contributed by atoms with Crippen molar-refractivity contribution in [1.82, 2.24) is 0 Å². The van der Waals surface area contributed by atoms with Crippen LogP contribution in [0.25, 0.3) is 0 Å². The molecule has 2 aromatic rings. The highest BCUT2D eigenvalue weighted by Gasteiger charge is 2.32. The Balaban J connectivity index is 1.47. The number of ether oxygens (including phenoxy) is 2. The molecule has 6 nitrogen and oxygen atoms in total. The lowest BCUT2D eigenvalue weighted by Crippen LogP contribution is -2.30. The van der Waals surface area contributed by atoms with Crippen molar-refractivity contribution in [3.8, 4) is 5.75 Å². The maximum absolute atomic E-state index is 12.6. The second kappa shape index (κ2) is 6.78. The van der Waals surface area contributed by atoms with Crippen molar-refractivity contribution >= 4 is 23.3 Å². The van der Waals surface area contributed by atoms with Crippen LogP contribution in [-0.2, 0) is 32.8 Å². The van der Waals surface area contributed by atoms with E-state index < -0.39 is 17.1 Å². The molecule has 2 aliphatic heterocycles. The highest BCUT2D eigenvalue weighted by Crippen LogP contribution is 2.39. The topological polar surface area (TPSA) is 81.7 Å². The van der Waals surface area contributed by atoms with Gasteiger partial charge in [-0.3, -0.25) is 9.59 Å². The number of fused-ring (bicyclic) bond motifs is 2. The van der Waals surface area contributed by atoms with Crippen molar-refractivity contribution in [1.29, 1.82) is 0 Å². The van der Waals surface area contributed by atoms with Crippen molar-refractivity contribution in [3.63, 3.8) is 0 Å². The van der Waals surface area contributed by atoms with Crippen molar-refractivity contribution in [2.45, 2.75) is 38.7 Å². The molecule has 2 aliphatic rings. The lowest BCUT2D eigenvalue weighted by molar-refractivity contribution is -0.135. The fraction of sp³-hybridized carbons (Fsp3) is 0.318. The lowest BCUT2D eigenvalue weighted by atomic mass is 9.79. The van der Waals surface area contributed by atoms with Gasteiger partial charge in [0.2, 0.25) is 5.78 Å². The summed E-state index contributed by atoms with van der Waals surface area (Å²) in [5.41, 5.74) is 3.20. The van der Waals surface area contributed by atoms with Gasteiger partial charge in [-0.05, 0) is 23.8 Å². The van der Waals surface area contributed by atoms with E-state index in [1.807, 2.05) is 32.0 Å². The fourth-order valence-corrected chi connectivity index (χ4v) is 3.74. The minimum atomic E-state index is -0.674. The number of anilines is 1. The smallest absolute Gasteiger partial charge is 0.338 e. The number of benzene rings is 2. The quantitative estimate of drug-likeness (QED) is 0.637. The summed E-state index contributed by atoms with van der Waals surface area (Å²) >= 11 is 0. The summed E-state index contributed by atoms with van der Waals surface area (Å²) in [7, 11) is 0. The van der Waals surface area contributed by atoms with Gasteiger partial charge in [-0.15, -0.1) is 0 Å². The van der Waals surface area contributed by atoms with Crippen molar-refractivity contribution in [2.75, 3.05) is 11.9 Å². The molecule has 0 saturated heterocycles. The first-order valence-corrected chi connectivity index (χ1v) is 9.24. The molecule has 28 heavy (non-hydrogen) atoms. The largest absolute Gasteiger partial charge is 0.493 e. The number of hydrogen-bond donors (Lipinski definition) is 1. The van der Waals surface area contributed by atoms with Crippen LogP contribution in [0.15, 0.2) is 36.4 Å². The van der Waals surface area contributed by atoms with E-state index in [2.05, 4.69) is 5.32 Å². The molecule has 0 bridgehead atoms. The molecule has 0 unspecified atom stereocenters. The Kier molecular flexibility index (Phi) is 4.41. The molecule has 2 heterocycles. The molecule has 0 fully saturated rings. The average molecular weight is 379 g/mol. The molecule has 0 atom stereocenters. The molecular formula is C22H21NO5. The van der Waals surface area contributed by atoms with E-state index in [4.69, 9.17) is 9.47 Å². The number of amides is 1. The molecule has 1 amide bonds. The van der Waals surface area contributed by atoms with Crippen LogP contribution >= 0.6 is 0 Å². The van der Waals surface area contributed by atoms with E-state index in [1.54, 1.807) is 18.2 Å². The highest BCUT2D eigenvalue weighted by atomic mass is 16.5. The average Bonchev–Trinajstić information content (AvgIpc) is 3.27. The number of esters is 1. The number of carbonyl (C=O) groups excluding carboxylic acids is 3. The van der Waals surface area contributed by atoms with Crippen LogP contribution in [0.4, 0.5) is 5.69 Å². The molecule has 0 radical (unpaired) electrons. The van der Waals surface area contributed by atoms with Gasteiger partial charge in [0, 0.05) is 35.1 Å². The third-order valence-corrected chi connectivity index (χ3v) is 5.24. The molecule has 2 aromatic carbocycles. The van der Waals surface area contributed by atoms with Gasteiger partial charge in [-0.1, -0.05) is 32.0 Å². The first-order valence-electron chi connectivity index (χ1n) is 9.24. The second-order valence-corrected chi connectivity index (χ2v) is 7.78. The number of nitrogens with one attached hydrogen (secondary N) is 1. The summed E-state index contributed by atoms with van der Waals surface area (Å²) in [5.74, 6) is -0.715. The Morgan fingerprint density at radius 2 is 1.93 bits per heavy atom. The monoisotopic (exact) mass is 379 g/mol. The lowest BCUT2D eigenvalue weighted by Gasteiger charge is -2.26. The van der Waals surface area contributed by atoms with Gasteiger partial charge in [0.25, 0.3) is 5.91 Å². The first-order chi connectivity index (χ1) is 13.3. The Hall–Kier alpha value is -3.15. The molecule has 1 N–H and O–H groups in total. The Morgan fingerprint density at radius 3 is 2.75 bits per heavy atom. The maximum atomic E-state index is 12.6. The van der Waals surface area contributed by atoms with Gasteiger partial charge < -0.3 is 14.8 Å². The molecule has 0 spiro atoms. The number of ketones is 1. The van der Waals surface area contributed by atoms with Crippen LogP contribution in [0, 0.1) is 0 Å². The van der Waals surface area contributed by atoms with Crippen molar-refractivity contribution in [3.05, 3.63) is 58.7 Å². The van der Waals surface area contributed by atoms with E-state index >= 15 is 0 Å². The fourth-order valence-electron chi connectivity index (χ4n) is 3.74. The number of carbonyl (C=O) groups is 3. The predicted octanol–water partition coefficient (Wildman–Crippen LogP) is 3.17. The summed E-state index contributed by atoms with van der Waals surface area (Å²) in [4.78, 5) is 36.5. The summed E-state index contributed by atoms with van der Waals surface area (Å²) in [5, 5.41) is 2.63. The Labute approximate surface area is 162 Å². The molecular weight excluding hydrogens is 358 g/mol. The van der Waals surface area contributed by atoms with Crippen LogP contribution in [-0.4, -0.2) is 24.3 Å². The predicted molar refractivity (Wildman–Crippen MR) is 102 cm³/mol. The van der Waals surface area contributed by atoms with Crippen molar-refractivity contribution < 1.29 is 23.9 Å². The third-order valence-electron chi connectivity index (χ3n) is 5.24. The van der Waals surface area contributed by atoms with Crippen LogP contribution in [0.1, 0.15) is 47.3 Å². The van der Waals surface area contributed by atoms with E-state index in [-0.39, 0.29) is 19.0 Å². The summed E-state index contributed by atoms with van der Waals surface area (Å²) in [6, 6.07) is 10.8. The van der Waals surface area contributed by atoms with E-state index in [0.29, 0.717) is 23.4 Å². The SMILES string of the molecule is CC(C)(CC(=O)C(=O)Nc1ccc2c(c1)COC2=O)c1cccc2c1OCC2. The summed E-state index contributed by atoms with van der Waals surface area (Å²) in [6.45, 7) is 4.70. The normalized spacial score (nSPS) is 14.7. The van der Waals surface area contributed by atoms with Crippen LogP contribution in [0.5, 0.6) is 5.75 Å². The van der Waals surface area contributed by atoms with E-state index in [9.17, 15) is 14.4 Å². The van der Waals surface area contributed by atoms with Gasteiger partial charge in [0.1, 0.15) is 12.4 Å². The molecule has 0 saturated carbocycles. The zero-order chi connectivity index (χ0) is 19.9. The maximum Gasteiger partial charge on any atom is 0.338 e. The van der Waals surface area contributed by atoms with Crippen LogP contribution < -0.4 is 10.1 Å². The molecule has 0 aromatic heterocycles. The zero-order valence-electron chi connectivity index (χ0n) is 15.8. The Bertz CT molecular complexity index is 992. The first kappa shape index (κ1) is 18.2. The van der Waals surface area contributed by atoms with Gasteiger partial charge in [-0.25, -0.2) is 4.79 Å². The third kappa shape index (κ3) is 3.26. The second-order valence-electron chi connectivity index (χ2n) is 7.78. The van der Waals surface area contributed by atoms with Gasteiger partial charge >= 0.3 is 5.97 Å².